The molecule has 2 heterocycles. The lowest BCUT2D eigenvalue weighted by molar-refractivity contribution is 0.562. The van der Waals surface area contributed by atoms with Crippen LogP contribution >= 0.6 is 24.8 Å². The molecule has 2 aromatic heterocycles. The number of benzene rings is 1. The van der Waals surface area contributed by atoms with Gasteiger partial charge in [0.15, 0.2) is 0 Å². The molecule has 0 saturated heterocycles. The van der Waals surface area contributed by atoms with Crippen molar-refractivity contribution in [1.29, 1.82) is 0 Å². The number of aromatic nitrogens is 4. The number of nitrogens with one attached hydrogen (secondary N) is 2. The summed E-state index contributed by atoms with van der Waals surface area (Å²) in [6.07, 6.45) is 15.6. The maximum atomic E-state index is 5.01. The number of aromatic amines is 2. The van der Waals surface area contributed by atoms with Gasteiger partial charge in [-0.15, -0.1) is 12.6 Å². The third-order valence-corrected chi connectivity index (χ3v) is 5.85. The molecule has 174 valence electrons. The van der Waals surface area contributed by atoms with Crippen LogP contribution < -0.4 is 0 Å². The molecule has 3 rings (SSSR count). The molecule has 0 radical (unpaired) electrons. The molecule has 0 spiro atoms. The fraction of sp³-hybridized carbons (Fsp3) is 0.500. The molecular weight excluding hydrogens is 432 g/mol. The van der Waals surface area contributed by atoms with E-state index in [1.54, 1.807) is 0 Å². The summed E-state index contributed by atoms with van der Waals surface area (Å²) < 4.78 is 0.544. The normalized spacial score (nSPS) is 10.6. The van der Waals surface area contributed by atoms with Crippen LogP contribution in [0.1, 0.15) is 87.6 Å². The van der Waals surface area contributed by atoms with Crippen LogP contribution in [0.4, 0.5) is 0 Å². The van der Waals surface area contributed by atoms with Crippen molar-refractivity contribution in [1.82, 2.24) is 19.9 Å². The van der Waals surface area contributed by atoms with Gasteiger partial charge in [0.1, 0.15) is 11.6 Å². The first-order chi connectivity index (χ1) is 15.5. The topological polar surface area (TPSA) is 57.4 Å². The van der Waals surface area contributed by atoms with Crippen molar-refractivity contribution in [3.63, 3.8) is 0 Å². The number of hydrogen-bond donors (Lipinski definition) is 3. The summed E-state index contributed by atoms with van der Waals surface area (Å²) in [4.78, 5) is 15.2. The van der Waals surface area contributed by atoms with E-state index in [1.165, 1.54) is 57.8 Å². The highest BCUT2D eigenvalue weighted by molar-refractivity contribution is 8.11. The van der Waals surface area contributed by atoms with Gasteiger partial charge in [-0.25, -0.2) is 9.97 Å². The van der Waals surface area contributed by atoms with Gasteiger partial charge in [0.2, 0.25) is 0 Å². The largest absolute Gasteiger partial charge is 0.348 e. The number of rotatable bonds is 12. The van der Waals surface area contributed by atoms with Crippen LogP contribution in [0.5, 0.6) is 0 Å². The molecule has 0 atom stereocenters. The molecular formula is C26H38N4S2. The molecule has 0 fully saturated rings. The van der Waals surface area contributed by atoms with E-state index in [4.69, 9.17) is 12.2 Å². The van der Waals surface area contributed by atoms with E-state index in [-0.39, 0.29) is 0 Å². The van der Waals surface area contributed by atoms with E-state index in [1.807, 2.05) is 50.4 Å². The number of imidazole rings is 2. The first-order valence-corrected chi connectivity index (χ1v) is 12.7. The predicted molar refractivity (Wildman–Crippen MR) is 144 cm³/mol. The zero-order valence-electron chi connectivity index (χ0n) is 19.8. The molecule has 0 aliphatic carbocycles. The van der Waals surface area contributed by atoms with Gasteiger partial charge >= 0.3 is 0 Å². The Morgan fingerprint density at radius 1 is 0.906 bits per heavy atom. The van der Waals surface area contributed by atoms with Crippen LogP contribution in [-0.2, 0) is 6.42 Å². The highest BCUT2D eigenvalue weighted by atomic mass is 32.1. The van der Waals surface area contributed by atoms with Gasteiger partial charge in [0.25, 0.3) is 0 Å². The molecule has 0 saturated carbocycles. The van der Waals surface area contributed by atoms with Crippen molar-refractivity contribution < 1.29 is 0 Å². The summed E-state index contributed by atoms with van der Waals surface area (Å²) >= 11 is 9.15. The molecule has 0 bridgehead atoms. The fourth-order valence-electron chi connectivity index (χ4n) is 3.60. The molecule has 3 aromatic rings. The molecule has 0 unspecified atom stereocenters. The lowest BCUT2D eigenvalue weighted by atomic mass is 10.1. The highest BCUT2D eigenvalue weighted by Crippen LogP contribution is 2.18. The van der Waals surface area contributed by atoms with Gasteiger partial charge in [-0.2, -0.15) is 0 Å². The predicted octanol–water partition coefficient (Wildman–Crippen LogP) is 7.78. The van der Waals surface area contributed by atoms with Crippen molar-refractivity contribution in [3.8, 4) is 11.4 Å². The Kier molecular flexibility index (Phi) is 12.4. The van der Waals surface area contributed by atoms with Crippen molar-refractivity contribution in [2.75, 3.05) is 0 Å². The smallest absolute Gasteiger partial charge is 0.138 e. The number of thiol groups is 1. The Balaban J connectivity index is 0.000000228. The Bertz CT molecular complexity index is 915. The number of H-pyrrole nitrogens is 2. The molecule has 2 N–H and O–H groups in total. The third kappa shape index (κ3) is 9.70. The Hall–Kier alpha value is -1.92. The van der Waals surface area contributed by atoms with Crippen LogP contribution in [0.25, 0.3) is 11.4 Å². The monoisotopic (exact) mass is 470 g/mol. The van der Waals surface area contributed by atoms with Crippen molar-refractivity contribution in [3.05, 3.63) is 59.4 Å². The standard InChI is InChI=1S/C15H28N2.C11H10N2S2/c1-3-4-5-6-7-8-9-10-11-12-15-16-13-14(2)17-15;1-7-9(11(14)15)13-10(12-7)8-5-3-2-4-6-8/h13H,3-12H2,1-2H3,(H,16,17);2-6H,1H3,(H,12,13)(H,14,15). The summed E-state index contributed by atoms with van der Waals surface area (Å²) in [7, 11) is 0. The second-order valence-electron chi connectivity index (χ2n) is 8.28. The van der Waals surface area contributed by atoms with Crippen LogP contribution in [0.3, 0.4) is 0 Å². The van der Waals surface area contributed by atoms with Gasteiger partial charge < -0.3 is 9.97 Å². The van der Waals surface area contributed by atoms with Crippen LogP contribution in [0, 0.1) is 13.8 Å². The van der Waals surface area contributed by atoms with Crippen molar-refractivity contribution >= 4 is 29.0 Å². The van der Waals surface area contributed by atoms with E-state index < -0.39 is 0 Å². The van der Waals surface area contributed by atoms with Gasteiger partial charge in [-0.3, -0.25) is 0 Å². The quantitative estimate of drug-likeness (QED) is 0.144. The van der Waals surface area contributed by atoms with Crippen molar-refractivity contribution in [2.45, 2.75) is 85.0 Å². The molecule has 0 aliphatic rings. The SMILES string of the molecule is CCCCCCCCCCCc1nc(C)c[nH]1.Cc1nc(-c2ccccc2)[nH]c1C(=S)S. The molecule has 6 heteroatoms. The van der Waals surface area contributed by atoms with E-state index in [9.17, 15) is 0 Å². The lowest BCUT2D eigenvalue weighted by Crippen LogP contribution is -1.89. The van der Waals surface area contributed by atoms with Gasteiger partial charge in [0, 0.05) is 18.2 Å². The van der Waals surface area contributed by atoms with E-state index in [0.717, 1.165) is 40.7 Å². The fourth-order valence-corrected chi connectivity index (χ4v) is 4.01. The first-order valence-electron chi connectivity index (χ1n) is 11.9. The number of hydrogen-bond acceptors (Lipinski definition) is 3. The average Bonchev–Trinajstić information content (AvgIpc) is 3.39. The van der Waals surface area contributed by atoms with Crippen molar-refractivity contribution in [2.24, 2.45) is 0 Å². The summed E-state index contributed by atoms with van der Waals surface area (Å²) in [5.41, 5.74) is 3.87. The Labute approximate surface area is 204 Å². The second-order valence-corrected chi connectivity index (χ2v) is 9.44. The van der Waals surface area contributed by atoms with Crippen LogP contribution in [0.15, 0.2) is 36.5 Å². The Morgan fingerprint density at radius 3 is 2.06 bits per heavy atom. The number of unbranched alkanes of at least 4 members (excludes halogenated alkanes) is 8. The van der Waals surface area contributed by atoms with Gasteiger partial charge in [-0.05, 0) is 20.3 Å². The maximum Gasteiger partial charge on any atom is 0.138 e. The summed E-state index contributed by atoms with van der Waals surface area (Å²) in [5, 5.41) is 0. The van der Waals surface area contributed by atoms with E-state index in [0.29, 0.717) is 4.20 Å². The average molecular weight is 471 g/mol. The summed E-state index contributed by atoms with van der Waals surface area (Å²) in [6.45, 7) is 6.23. The highest BCUT2D eigenvalue weighted by Gasteiger charge is 2.09. The summed E-state index contributed by atoms with van der Waals surface area (Å²) in [6, 6.07) is 9.94. The van der Waals surface area contributed by atoms with Gasteiger partial charge in [0.05, 0.1) is 21.3 Å². The molecule has 4 nitrogen and oxygen atoms in total. The number of thiocarbonyl (C=S) groups is 1. The maximum absolute atomic E-state index is 5.01. The molecule has 32 heavy (non-hydrogen) atoms. The Morgan fingerprint density at radius 2 is 1.53 bits per heavy atom. The number of nitrogens with zero attached hydrogens (tertiary/aromatic N) is 2. The second kappa shape index (κ2) is 15.0. The molecule has 0 aliphatic heterocycles. The third-order valence-electron chi connectivity index (χ3n) is 5.42. The zero-order chi connectivity index (χ0) is 23.2. The van der Waals surface area contributed by atoms with Crippen LogP contribution in [0.2, 0.25) is 0 Å². The number of aryl methyl sites for hydroxylation is 3. The minimum absolute atomic E-state index is 0.544. The van der Waals surface area contributed by atoms with Gasteiger partial charge in [-0.1, -0.05) is 101 Å². The van der Waals surface area contributed by atoms with E-state index >= 15 is 0 Å². The summed E-state index contributed by atoms with van der Waals surface area (Å²) in [5.74, 6) is 1.99. The zero-order valence-corrected chi connectivity index (χ0v) is 21.5. The first kappa shape index (κ1) is 26.3. The van der Waals surface area contributed by atoms with E-state index in [2.05, 4.69) is 39.5 Å². The molecule has 0 amide bonds. The molecule has 1 aromatic carbocycles. The minimum atomic E-state index is 0.544. The lowest BCUT2D eigenvalue weighted by Gasteiger charge is -2.01. The van der Waals surface area contributed by atoms with Crippen LogP contribution in [-0.4, -0.2) is 24.1 Å². The minimum Gasteiger partial charge on any atom is -0.348 e.